The number of nitrogens with one attached hydrogen (secondary N) is 2. The molecule has 1 aromatic rings. The number of rotatable bonds is 2. The quantitative estimate of drug-likeness (QED) is 0.782. The molecule has 0 saturated carbocycles. The third kappa shape index (κ3) is 1.94. The van der Waals surface area contributed by atoms with E-state index in [1.165, 1.54) is 24.9 Å². The van der Waals surface area contributed by atoms with Crippen molar-refractivity contribution in [2.24, 2.45) is 7.05 Å². The summed E-state index contributed by atoms with van der Waals surface area (Å²) in [5.74, 6) is 1.14. The van der Waals surface area contributed by atoms with Crippen LogP contribution in [0.15, 0.2) is 0 Å². The van der Waals surface area contributed by atoms with Crippen molar-refractivity contribution in [2.45, 2.75) is 39.2 Å². The summed E-state index contributed by atoms with van der Waals surface area (Å²) in [6.07, 6.45) is 3.64. The lowest BCUT2D eigenvalue weighted by Crippen LogP contribution is -2.21. The van der Waals surface area contributed by atoms with Crippen LogP contribution in [0.2, 0.25) is 0 Å². The summed E-state index contributed by atoms with van der Waals surface area (Å²) in [7, 11) is 1.99. The van der Waals surface area contributed by atoms with Gasteiger partial charge in [-0.1, -0.05) is 13.3 Å². The Labute approximate surface area is 91.1 Å². The van der Waals surface area contributed by atoms with Crippen molar-refractivity contribution in [2.75, 3.05) is 17.2 Å². The molecule has 4 heteroatoms. The van der Waals surface area contributed by atoms with Gasteiger partial charge in [-0.3, -0.25) is 4.68 Å². The number of nitrogens with zero attached hydrogens (tertiary/aromatic N) is 2. The van der Waals surface area contributed by atoms with E-state index in [1.807, 2.05) is 18.7 Å². The van der Waals surface area contributed by atoms with Crippen LogP contribution in [0.5, 0.6) is 0 Å². The Morgan fingerprint density at radius 1 is 1.53 bits per heavy atom. The first-order chi connectivity index (χ1) is 7.22. The van der Waals surface area contributed by atoms with Crippen LogP contribution in [0, 0.1) is 6.92 Å². The zero-order valence-corrected chi connectivity index (χ0v) is 9.80. The molecule has 0 amide bonds. The van der Waals surface area contributed by atoms with E-state index in [0.717, 1.165) is 18.1 Å². The molecular formula is C11H20N4. The molecule has 2 rings (SSSR count). The molecule has 2 N–H and O–H groups in total. The van der Waals surface area contributed by atoms with Crippen LogP contribution in [0.4, 0.5) is 11.5 Å². The molecule has 0 saturated heterocycles. The molecule has 1 atom stereocenters. The van der Waals surface area contributed by atoms with Gasteiger partial charge in [-0.2, -0.15) is 5.10 Å². The first-order valence-corrected chi connectivity index (χ1v) is 5.76. The van der Waals surface area contributed by atoms with Crippen LogP contribution in [-0.4, -0.2) is 22.4 Å². The van der Waals surface area contributed by atoms with Crippen LogP contribution in [0.3, 0.4) is 0 Å². The summed E-state index contributed by atoms with van der Waals surface area (Å²) in [6, 6.07) is 0.582. The minimum atomic E-state index is 0.582. The zero-order chi connectivity index (χ0) is 10.8. The normalized spacial score (nSPS) is 20.1. The highest BCUT2D eigenvalue weighted by Gasteiger charge is 2.19. The van der Waals surface area contributed by atoms with E-state index >= 15 is 0 Å². The van der Waals surface area contributed by atoms with E-state index < -0.39 is 0 Å². The largest absolute Gasteiger partial charge is 0.380 e. The van der Waals surface area contributed by atoms with Gasteiger partial charge in [-0.25, -0.2) is 0 Å². The van der Waals surface area contributed by atoms with E-state index in [0.29, 0.717) is 6.04 Å². The summed E-state index contributed by atoms with van der Waals surface area (Å²) in [6.45, 7) is 5.32. The Kier molecular flexibility index (Phi) is 2.84. The molecule has 4 nitrogen and oxygen atoms in total. The minimum Gasteiger partial charge on any atom is -0.380 e. The van der Waals surface area contributed by atoms with Gasteiger partial charge in [0.25, 0.3) is 0 Å². The molecule has 1 aliphatic heterocycles. The second-order valence-electron chi connectivity index (χ2n) is 4.28. The van der Waals surface area contributed by atoms with Crippen LogP contribution >= 0.6 is 0 Å². The van der Waals surface area contributed by atoms with Crippen molar-refractivity contribution >= 4 is 11.5 Å². The fraction of sp³-hybridized carbons (Fsp3) is 0.727. The standard InChI is InChI=1S/C11H20N4/c1-4-5-9-6-7-12-10-8(2)14-15(3)11(10)13-9/h9,12-13H,4-7H2,1-3H3. The number of hydrogen-bond acceptors (Lipinski definition) is 3. The Morgan fingerprint density at radius 3 is 3.07 bits per heavy atom. The molecule has 0 aromatic carbocycles. The molecule has 1 aromatic heterocycles. The molecule has 0 bridgehead atoms. The SMILES string of the molecule is CCCC1CCNc2c(C)nn(C)c2N1. The van der Waals surface area contributed by atoms with Crippen molar-refractivity contribution in [3.63, 3.8) is 0 Å². The smallest absolute Gasteiger partial charge is 0.148 e. The Hall–Kier alpha value is -1.19. The van der Waals surface area contributed by atoms with Crippen molar-refractivity contribution in [3.8, 4) is 0 Å². The molecule has 1 unspecified atom stereocenters. The second-order valence-corrected chi connectivity index (χ2v) is 4.28. The van der Waals surface area contributed by atoms with Gasteiger partial charge in [0.2, 0.25) is 0 Å². The van der Waals surface area contributed by atoms with Gasteiger partial charge in [0, 0.05) is 19.6 Å². The lowest BCUT2D eigenvalue weighted by atomic mass is 10.1. The monoisotopic (exact) mass is 208 g/mol. The maximum atomic E-state index is 4.42. The highest BCUT2D eigenvalue weighted by Crippen LogP contribution is 2.28. The van der Waals surface area contributed by atoms with Gasteiger partial charge in [0.15, 0.2) is 0 Å². The Morgan fingerprint density at radius 2 is 2.33 bits per heavy atom. The van der Waals surface area contributed by atoms with Crippen molar-refractivity contribution < 1.29 is 0 Å². The van der Waals surface area contributed by atoms with Crippen LogP contribution < -0.4 is 10.6 Å². The molecule has 15 heavy (non-hydrogen) atoms. The molecule has 0 fully saturated rings. The van der Waals surface area contributed by atoms with E-state index in [-0.39, 0.29) is 0 Å². The van der Waals surface area contributed by atoms with Crippen molar-refractivity contribution in [1.82, 2.24) is 9.78 Å². The molecule has 1 aliphatic rings. The highest BCUT2D eigenvalue weighted by atomic mass is 15.3. The molecule has 0 spiro atoms. The van der Waals surface area contributed by atoms with Gasteiger partial charge < -0.3 is 10.6 Å². The van der Waals surface area contributed by atoms with E-state index in [2.05, 4.69) is 22.7 Å². The van der Waals surface area contributed by atoms with Gasteiger partial charge in [-0.15, -0.1) is 0 Å². The predicted octanol–water partition coefficient (Wildman–Crippen LogP) is 2.12. The maximum absolute atomic E-state index is 4.42. The molecular weight excluding hydrogens is 188 g/mol. The highest BCUT2D eigenvalue weighted by molar-refractivity contribution is 5.68. The van der Waals surface area contributed by atoms with Gasteiger partial charge in [0.1, 0.15) is 11.5 Å². The van der Waals surface area contributed by atoms with E-state index in [1.54, 1.807) is 0 Å². The Balaban J connectivity index is 2.24. The molecule has 0 radical (unpaired) electrons. The average molecular weight is 208 g/mol. The lowest BCUT2D eigenvalue weighted by Gasteiger charge is -2.16. The first kappa shape index (κ1) is 10.3. The fourth-order valence-corrected chi connectivity index (χ4v) is 2.24. The molecule has 0 aliphatic carbocycles. The average Bonchev–Trinajstić information content (AvgIpc) is 2.41. The van der Waals surface area contributed by atoms with Crippen molar-refractivity contribution in [1.29, 1.82) is 0 Å². The zero-order valence-electron chi connectivity index (χ0n) is 9.80. The number of hydrogen-bond donors (Lipinski definition) is 2. The maximum Gasteiger partial charge on any atom is 0.148 e. The van der Waals surface area contributed by atoms with E-state index in [9.17, 15) is 0 Å². The van der Waals surface area contributed by atoms with E-state index in [4.69, 9.17) is 0 Å². The second kappa shape index (κ2) is 4.13. The number of aryl methyl sites for hydroxylation is 2. The summed E-state index contributed by atoms with van der Waals surface area (Å²) in [5, 5.41) is 11.5. The third-order valence-electron chi connectivity index (χ3n) is 2.99. The number of anilines is 2. The minimum absolute atomic E-state index is 0.582. The predicted molar refractivity (Wildman–Crippen MR) is 63.4 cm³/mol. The fourth-order valence-electron chi connectivity index (χ4n) is 2.24. The van der Waals surface area contributed by atoms with Crippen LogP contribution in [0.1, 0.15) is 31.9 Å². The molecule has 2 heterocycles. The Bertz CT molecular complexity index is 343. The topological polar surface area (TPSA) is 41.9 Å². The van der Waals surface area contributed by atoms with Gasteiger partial charge >= 0.3 is 0 Å². The summed E-state index contributed by atoms with van der Waals surface area (Å²) < 4.78 is 1.94. The van der Waals surface area contributed by atoms with Gasteiger partial charge in [-0.05, 0) is 19.8 Å². The third-order valence-corrected chi connectivity index (χ3v) is 2.99. The summed E-state index contributed by atoms with van der Waals surface area (Å²) in [5.41, 5.74) is 2.26. The summed E-state index contributed by atoms with van der Waals surface area (Å²) >= 11 is 0. The number of aromatic nitrogens is 2. The van der Waals surface area contributed by atoms with Gasteiger partial charge in [0.05, 0.1) is 5.69 Å². The first-order valence-electron chi connectivity index (χ1n) is 5.76. The number of fused-ring (bicyclic) bond motifs is 1. The van der Waals surface area contributed by atoms with Crippen molar-refractivity contribution in [3.05, 3.63) is 5.69 Å². The van der Waals surface area contributed by atoms with Crippen LogP contribution in [-0.2, 0) is 7.05 Å². The summed E-state index contributed by atoms with van der Waals surface area (Å²) in [4.78, 5) is 0. The van der Waals surface area contributed by atoms with Crippen LogP contribution in [0.25, 0.3) is 0 Å². The lowest BCUT2D eigenvalue weighted by molar-refractivity contribution is 0.605. The molecule has 84 valence electrons.